The first-order valence-corrected chi connectivity index (χ1v) is 5.61. The number of rotatable bonds is 5. The van der Waals surface area contributed by atoms with Crippen LogP contribution in [-0.4, -0.2) is 30.4 Å². The van der Waals surface area contributed by atoms with Crippen LogP contribution >= 0.6 is 0 Å². The van der Waals surface area contributed by atoms with Crippen LogP contribution in [0.5, 0.6) is 5.75 Å². The van der Waals surface area contributed by atoms with Gasteiger partial charge in [-0.05, 0) is 6.07 Å². The standard InChI is InChI=1S/C11H8F5NO4/c12-10(13,11(14,15)16)8-2-1-6(17(18)19)3-9(8)21-5-7-4-20-7/h1-3,7H,4-5H2/t7-/m1/s1. The molecular weight excluding hydrogens is 305 g/mol. The Hall–Kier alpha value is -1.97. The summed E-state index contributed by atoms with van der Waals surface area (Å²) in [4.78, 5) is 9.66. The molecule has 10 heteroatoms. The summed E-state index contributed by atoms with van der Waals surface area (Å²) in [5.41, 5.74) is -2.12. The fourth-order valence-electron chi connectivity index (χ4n) is 1.50. The predicted octanol–water partition coefficient (Wildman–Crippen LogP) is 3.03. The average Bonchev–Trinajstić information content (AvgIpc) is 3.18. The van der Waals surface area contributed by atoms with Crippen molar-refractivity contribution in [2.24, 2.45) is 0 Å². The van der Waals surface area contributed by atoms with Crippen molar-refractivity contribution in [3.8, 4) is 5.75 Å². The lowest BCUT2D eigenvalue weighted by Crippen LogP contribution is -2.34. The number of halogens is 5. The lowest BCUT2D eigenvalue weighted by molar-refractivity contribution is -0.385. The first kappa shape index (κ1) is 15.4. The van der Waals surface area contributed by atoms with Crippen molar-refractivity contribution < 1.29 is 36.3 Å². The van der Waals surface area contributed by atoms with E-state index in [1.54, 1.807) is 0 Å². The molecule has 1 saturated heterocycles. The van der Waals surface area contributed by atoms with Crippen LogP contribution < -0.4 is 4.74 Å². The quantitative estimate of drug-likeness (QED) is 0.363. The summed E-state index contributed by atoms with van der Waals surface area (Å²) in [5.74, 6) is -6.07. The molecule has 0 radical (unpaired) electrons. The Balaban J connectivity index is 2.40. The highest BCUT2D eigenvalue weighted by Gasteiger charge is 2.60. The maximum absolute atomic E-state index is 13.4. The number of hydrogen-bond donors (Lipinski definition) is 0. The molecule has 0 unspecified atom stereocenters. The van der Waals surface area contributed by atoms with Gasteiger partial charge in [-0.15, -0.1) is 0 Å². The summed E-state index contributed by atoms with van der Waals surface area (Å²) in [6.45, 7) is 0.0298. The zero-order valence-electron chi connectivity index (χ0n) is 10.2. The first-order valence-electron chi connectivity index (χ1n) is 5.61. The van der Waals surface area contributed by atoms with Gasteiger partial charge in [-0.3, -0.25) is 10.1 Å². The van der Waals surface area contributed by atoms with E-state index >= 15 is 0 Å². The molecule has 1 aliphatic rings. The fraction of sp³-hybridized carbons (Fsp3) is 0.455. The zero-order chi connectivity index (χ0) is 15.8. The second kappa shape index (κ2) is 5.10. The van der Waals surface area contributed by atoms with Crippen molar-refractivity contribution in [2.75, 3.05) is 13.2 Å². The van der Waals surface area contributed by atoms with Gasteiger partial charge in [0.25, 0.3) is 5.69 Å². The molecule has 1 heterocycles. The zero-order valence-corrected chi connectivity index (χ0v) is 10.2. The van der Waals surface area contributed by atoms with Crippen molar-refractivity contribution in [3.05, 3.63) is 33.9 Å². The van der Waals surface area contributed by atoms with Gasteiger partial charge in [0.05, 0.1) is 23.2 Å². The predicted molar refractivity (Wildman–Crippen MR) is 58.3 cm³/mol. The van der Waals surface area contributed by atoms with Crippen LogP contribution in [0.15, 0.2) is 18.2 Å². The van der Waals surface area contributed by atoms with Crippen molar-refractivity contribution >= 4 is 5.69 Å². The molecule has 1 aliphatic heterocycles. The Labute approximate surface area is 114 Å². The number of nitrogens with zero attached hydrogens (tertiary/aromatic N) is 1. The highest BCUT2D eigenvalue weighted by atomic mass is 19.4. The molecular formula is C11H8F5NO4. The van der Waals surface area contributed by atoms with E-state index in [1.807, 2.05) is 0 Å². The van der Waals surface area contributed by atoms with Crippen LogP contribution in [0.3, 0.4) is 0 Å². The van der Waals surface area contributed by atoms with E-state index in [9.17, 15) is 32.1 Å². The van der Waals surface area contributed by atoms with Crippen molar-refractivity contribution in [2.45, 2.75) is 18.2 Å². The molecule has 1 atom stereocenters. The monoisotopic (exact) mass is 313 g/mol. The van der Waals surface area contributed by atoms with Gasteiger partial charge in [-0.2, -0.15) is 22.0 Å². The number of alkyl halides is 5. The maximum atomic E-state index is 13.4. The number of benzene rings is 1. The summed E-state index contributed by atoms with van der Waals surface area (Å²) in [7, 11) is 0. The molecule has 2 rings (SSSR count). The van der Waals surface area contributed by atoms with Crippen LogP contribution in [0.2, 0.25) is 0 Å². The van der Waals surface area contributed by atoms with Gasteiger partial charge in [-0.1, -0.05) is 0 Å². The van der Waals surface area contributed by atoms with Crippen LogP contribution in [0.1, 0.15) is 5.56 Å². The Morgan fingerprint density at radius 3 is 2.43 bits per heavy atom. The smallest absolute Gasteiger partial charge is 0.458 e. The lowest BCUT2D eigenvalue weighted by Gasteiger charge is -2.22. The van der Waals surface area contributed by atoms with Crippen LogP contribution in [0.4, 0.5) is 27.6 Å². The minimum atomic E-state index is -5.84. The molecule has 116 valence electrons. The average molecular weight is 313 g/mol. The number of nitro groups is 1. The van der Waals surface area contributed by atoms with Gasteiger partial charge in [-0.25, -0.2) is 0 Å². The third kappa shape index (κ3) is 3.20. The van der Waals surface area contributed by atoms with E-state index in [4.69, 9.17) is 9.47 Å². The lowest BCUT2D eigenvalue weighted by atomic mass is 10.1. The minimum Gasteiger partial charge on any atom is -0.490 e. The highest BCUT2D eigenvalue weighted by Crippen LogP contribution is 2.47. The van der Waals surface area contributed by atoms with Crippen molar-refractivity contribution in [1.29, 1.82) is 0 Å². The second-order valence-corrected chi connectivity index (χ2v) is 4.28. The van der Waals surface area contributed by atoms with Gasteiger partial charge in [0.1, 0.15) is 18.5 Å². The third-order valence-electron chi connectivity index (χ3n) is 2.70. The van der Waals surface area contributed by atoms with Crippen LogP contribution in [0, 0.1) is 10.1 Å². The van der Waals surface area contributed by atoms with Crippen molar-refractivity contribution in [1.82, 2.24) is 0 Å². The molecule has 0 aliphatic carbocycles. The number of non-ortho nitro benzene ring substituents is 1. The summed E-state index contributed by atoms with van der Waals surface area (Å²) in [5, 5.41) is 10.6. The Bertz CT molecular complexity index is 556. The molecule has 0 aromatic heterocycles. The number of ether oxygens (including phenoxy) is 2. The Morgan fingerprint density at radius 1 is 1.33 bits per heavy atom. The van der Waals surface area contributed by atoms with E-state index in [0.29, 0.717) is 24.8 Å². The van der Waals surface area contributed by atoms with Crippen molar-refractivity contribution in [3.63, 3.8) is 0 Å². The topological polar surface area (TPSA) is 64.9 Å². The van der Waals surface area contributed by atoms with Gasteiger partial charge in [0.2, 0.25) is 0 Å². The van der Waals surface area contributed by atoms with E-state index in [-0.39, 0.29) is 6.61 Å². The highest BCUT2D eigenvalue weighted by molar-refractivity contribution is 5.47. The fourth-order valence-corrected chi connectivity index (χ4v) is 1.50. The van der Waals surface area contributed by atoms with E-state index in [0.717, 1.165) is 0 Å². The van der Waals surface area contributed by atoms with E-state index < -0.39 is 40.1 Å². The molecule has 0 spiro atoms. The normalized spacial score (nSPS) is 18.4. The van der Waals surface area contributed by atoms with Gasteiger partial charge in [0.15, 0.2) is 0 Å². The van der Waals surface area contributed by atoms with Gasteiger partial charge < -0.3 is 9.47 Å². The number of epoxide rings is 1. The van der Waals surface area contributed by atoms with Gasteiger partial charge in [0, 0.05) is 6.07 Å². The number of hydrogen-bond acceptors (Lipinski definition) is 4. The first-order chi connectivity index (χ1) is 9.63. The summed E-state index contributed by atoms with van der Waals surface area (Å²) in [6, 6.07) is 1.45. The summed E-state index contributed by atoms with van der Waals surface area (Å²) in [6.07, 6.45) is -6.24. The summed E-state index contributed by atoms with van der Waals surface area (Å²) < 4.78 is 73.6. The molecule has 5 nitrogen and oxygen atoms in total. The summed E-state index contributed by atoms with van der Waals surface area (Å²) >= 11 is 0. The number of nitro benzene ring substituents is 1. The molecule has 0 saturated carbocycles. The minimum absolute atomic E-state index is 0.262. The maximum Gasteiger partial charge on any atom is 0.458 e. The van der Waals surface area contributed by atoms with Crippen LogP contribution in [-0.2, 0) is 10.7 Å². The molecule has 1 aromatic rings. The second-order valence-electron chi connectivity index (χ2n) is 4.28. The third-order valence-corrected chi connectivity index (χ3v) is 2.70. The Kier molecular flexibility index (Phi) is 3.74. The van der Waals surface area contributed by atoms with E-state index in [2.05, 4.69) is 0 Å². The molecule has 1 aromatic carbocycles. The van der Waals surface area contributed by atoms with Gasteiger partial charge >= 0.3 is 12.1 Å². The Morgan fingerprint density at radius 2 is 1.95 bits per heavy atom. The molecule has 0 amide bonds. The SMILES string of the molecule is O=[N+]([O-])c1ccc(C(F)(F)C(F)(F)F)c(OC[C@H]2CO2)c1. The van der Waals surface area contributed by atoms with E-state index in [1.165, 1.54) is 0 Å². The molecule has 21 heavy (non-hydrogen) atoms. The molecule has 1 fully saturated rings. The molecule has 0 N–H and O–H groups in total. The van der Waals surface area contributed by atoms with Crippen LogP contribution in [0.25, 0.3) is 0 Å². The largest absolute Gasteiger partial charge is 0.490 e. The molecule has 0 bridgehead atoms.